The van der Waals surface area contributed by atoms with Crippen LogP contribution >= 0.6 is 0 Å². The summed E-state index contributed by atoms with van der Waals surface area (Å²) in [6.07, 6.45) is 0. The molecule has 0 saturated carbocycles. The van der Waals surface area contributed by atoms with Gasteiger partial charge in [0, 0.05) is 33.1 Å². The normalized spacial score (nSPS) is 13.9. The van der Waals surface area contributed by atoms with Gasteiger partial charge < -0.3 is 15.1 Å². The SMILES string of the molecule is CC(=O)N1CCN(c2ccccc2NC(=O)C(c2ccccc2)c2ccccc2)CC1. The lowest BCUT2D eigenvalue weighted by molar-refractivity contribution is -0.129. The number of carbonyl (C=O) groups excluding carboxylic acids is 2. The van der Waals surface area contributed by atoms with E-state index < -0.39 is 5.92 Å². The molecule has 3 aromatic rings. The van der Waals surface area contributed by atoms with Crippen molar-refractivity contribution in [3.63, 3.8) is 0 Å². The Bertz CT molecular complexity index is 989. The van der Waals surface area contributed by atoms with E-state index in [1.807, 2.05) is 89.8 Å². The first-order chi connectivity index (χ1) is 15.1. The first kappa shape index (κ1) is 20.7. The van der Waals surface area contributed by atoms with E-state index in [1.165, 1.54) is 0 Å². The molecular weight excluding hydrogens is 386 g/mol. The Balaban J connectivity index is 1.58. The molecule has 0 unspecified atom stereocenters. The second kappa shape index (κ2) is 9.47. The van der Waals surface area contributed by atoms with E-state index in [0.29, 0.717) is 13.1 Å². The molecule has 4 rings (SSSR count). The Labute approximate surface area is 183 Å². The molecule has 1 fully saturated rings. The molecule has 1 heterocycles. The fourth-order valence-electron chi connectivity index (χ4n) is 4.11. The molecule has 1 aliphatic rings. The number of hydrogen-bond donors (Lipinski definition) is 1. The lowest BCUT2D eigenvalue weighted by atomic mass is 9.90. The maximum absolute atomic E-state index is 13.5. The number of para-hydroxylation sites is 2. The number of rotatable bonds is 5. The predicted molar refractivity (Wildman–Crippen MR) is 124 cm³/mol. The van der Waals surface area contributed by atoms with Gasteiger partial charge in [0.15, 0.2) is 0 Å². The van der Waals surface area contributed by atoms with Crippen molar-refractivity contribution in [3.05, 3.63) is 96.1 Å². The van der Waals surface area contributed by atoms with E-state index in [9.17, 15) is 9.59 Å². The monoisotopic (exact) mass is 413 g/mol. The summed E-state index contributed by atoms with van der Waals surface area (Å²) in [7, 11) is 0. The van der Waals surface area contributed by atoms with Gasteiger partial charge in [0.25, 0.3) is 0 Å². The third-order valence-corrected chi connectivity index (χ3v) is 5.76. The quantitative estimate of drug-likeness (QED) is 0.684. The molecular formula is C26H27N3O2. The van der Waals surface area contributed by atoms with Crippen LogP contribution in [0.4, 0.5) is 11.4 Å². The third-order valence-electron chi connectivity index (χ3n) is 5.76. The fourth-order valence-corrected chi connectivity index (χ4v) is 4.11. The Morgan fingerprint density at radius 3 is 1.81 bits per heavy atom. The number of carbonyl (C=O) groups is 2. The van der Waals surface area contributed by atoms with Gasteiger partial charge in [0.1, 0.15) is 0 Å². The topological polar surface area (TPSA) is 52.7 Å². The first-order valence-electron chi connectivity index (χ1n) is 10.6. The van der Waals surface area contributed by atoms with Crippen molar-refractivity contribution in [2.24, 2.45) is 0 Å². The van der Waals surface area contributed by atoms with Crippen molar-refractivity contribution in [1.29, 1.82) is 0 Å². The molecule has 158 valence electrons. The Morgan fingerprint density at radius 1 is 0.742 bits per heavy atom. The van der Waals surface area contributed by atoms with E-state index >= 15 is 0 Å². The zero-order chi connectivity index (χ0) is 21.6. The molecule has 0 radical (unpaired) electrons. The highest BCUT2D eigenvalue weighted by molar-refractivity contribution is 6.00. The summed E-state index contributed by atoms with van der Waals surface area (Å²) in [5, 5.41) is 3.18. The van der Waals surface area contributed by atoms with Crippen LogP contribution in [0.2, 0.25) is 0 Å². The van der Waals surface area contributed by atoms with Gasteiger partial charge >= 0.3 is 0 Å². The number of anilines is 2. The highest BCUT2D eigenvalue weighted by Crippen LogP contribution is 2.30. The maximum atomic E-state index is 13.5. The van der Waals surface area contributed by atoms with Crippen molar-refractivity contribution in [1.82, 2.24) is 4.90 Å². The average molecular weight is 414 g/mol. The lowest BCUT2D eigenvalue weighted by Gasteiger charge is -2.36. The minimum absolute atomic E-state index is 0.0628. The Hall–Kier alpha value is -3.60. The average Bonchev–Trinajstić information content (AvgIpc) is 2.81. The molecule has 3 aromatic carbocycles. The van der Waals surface area contributed by atoms with Crippen molar-refractivity contribution in [2.75, 3.05) is 36.4 Å². The van der Waals surface area contributed by atoms with Gasteiger partial charge in [-0.1, -0.05) is 72.8 Å². The fraction of sp³-hybridized carbons (Fsp3) is 0.231. The smallest absolute Gasteiger partial charge is 0.236 e. The minimum Gasteiger partial charge on any atom is -0.366 e. The maximum Gasteiger partial charge on any atom is 0.236 e. The number of nitrogens with zero attached hydrogens (tertiary/aromatic N) is 2. The van der Waals surface area contributed by atoms with Crippen molar-refractivity contribution >= 4 is 23.2 Å². The van der Waals surface area contributed by atoms with Gasteiger partial charge in [-0.25, -0.2) is 0 Å². The van der Waals surface area contributed by atoms with Gasteiger partial charge in [-0.05, 0) is 23.3 Å². The summed E-state index contributed by atoms with van der Waals surface area (Å²) in [6.45, 7) is 4.47. The van der Waals surface area contributed by atoms with Crippen LogP contribution in [-0.4, -0.2) is 42.9 Å². The van der Waals surface area contributed by atoms with Crippen molar-refractivity contribution in [2.45, 2.75) is 12.8 Å². The zero-order valence-corrected chi connectivity index (χ0v) is 17.7. The summed E-state index contributed by atoms with van der Waals surface area (Å²) in [5.74, 6) is -0.355. The number of nitrogens with one attached hydrogen (secondary N) is 1. The van der Waals surface area contributed by atoms with Crippen molar-refractivity contribution < 1.29 is 9.59 Å². The minimum atomic E-state index is -0.398. The standard InChI is InChI=1S/C26H27N3O2/c1-20(30)28-16-18-29(19-17-28)24-15-9-8-14-23(24)27-26(31)25(21-10-4-2-5-11-21)22-12-6-3-7-13-22/h2-15,25H,16-19H2,1H3,(H,27,31). The number of piperazine rings is 1. The Morgan fingerprint density at radius 2 is 1.26 bits per heavy atom. The molecule has 0 aromatic heterocycles. The summed E-state index contributed by atoms with van der Waals surface area (Å²) in [5.41, 5.74) is 3.69. The lowest BCUT2D eigenvalue weighted by Crippen LogP contribution is -2.48. The van der Waals surface area contributed by atoms with Gasteiger partial charge in [-0.15, -0.1) is 0 Å². The summed E-state index contributed by atoms with van der Waals surface area (Å²) in [4.78, 5) is 29.2. The molecule has 0 spiro atoms. The molecule has 31 heavy (non-hydrogen) atoms. The number of hydrogen-bond acceptors (Lipinski definition) is 3. The van der Waals surface area contributed by atoms with Crippen LogP contribution in [0, 0.1) is 0 Å². The van der Waals surface area contributed by atoms with E-state index in [2.05, 4.69) is 10.2 Å². The van der Waals surface area contributed by atoms with Gasteiger partial charge in [0.2, 0.25) is 11.8 Å². The molecule has 1 N–H and O–H groups in total. The van der Waals surface area contributed by atoms with Crippen LogP contribution in [0.1, 0.15) is 24.0 Å². The predicted octanol–water partition coefficient (Wildman–Crippen LogP) is 4.13. The van der Waals surface area contributed by atoms with Crippen LogP contribution < -0.4 is 10.2 Å². The summed E-state index contributed by atoms with van der Waals surface area (Å²) >= 11 is 0. The van der Waals surface area contributed by atoms with Crippen LogP contribution in [-0.2, 0) is 9.59 Å². The highest BCUT2D eigenvalue weighted by Gasteiger charge is 2.25. The number of amides is 2. The van der Waals surface area contributed by atoms with E-state index in [1.54, 1.807) is 6.92 Å². The largest absolute Gasteiger partial charge is 0.366 e. The molecule has 5 heteroatoms. The van der Waals surface area contributed by atoms with Gasteiger partial charge in [-0.3, -0.25) is 9.59 Å². The van der Waals surface area contributed by atoms with Crippen LogP contribution in [0.25, 0.3) is 0 Å². The third kappa shape index (κ3) is 4.77. The summed E-state index contributed by atoms with van der Waals surface area (Å²) in [6, 6.07) is 27.6. The van der Waals surface area contributed by atoms with E-state index in [0.717, 1.165) is 35.6 Å². The Kier molecular flexibility index (Phi) is 6.32. The molecule has 0 atom stereocenters. The second-order valence-corrected chi connectivity index (χ2v) is 7.75. The van der Waals surface area contributed by atoms with Gasteiger partial charge in [-0.2, -0.15) is 0 Å². The highest BCUT2D eigenvalue weighted by atomic mass is 16.2. The van der Waals surface area contributed by atoms with Crippen molar-refractivity contribution in [3.8, 4) is 0 Å². The molecule has 1 aliphatic heterocycles. The summed E-state index contributed by atoms with van der Waals surface area (Å²) < 4.78 is 0. The second-order valence-electron chi connectivity index (χ2n) is 7.75. The number of benzene rings is 3. The molecule has 5 nitrogen and oxygen atoms in total. The van der Waals surface area contributed by atoms with Crippen LogP contribution in [0.15, 0.2) is 84.9 Å². The molecule has 0 aliphatic carbocycles. The molecule has 2 amide bonds. The van der Waals surface area contributed by atoms with Gasteiger partial charge in [0.05, 0.1) is 17.3 Å². The van der Waals surface area contributed by atoms with E-state index in [4.69, 9.17) is 0 Å². The first-order valence-corrected chi connectivity index (χ1v) is 10.6. The zero-order valence-electron chi connectivity index (χ0n) is 17.7. The van der Waals surface area contributed by atoms with Crippen LogP contribution in [0.5, 0.6) is 0 Å². The molecule has 0 bridgehead atoms. The van der Waals surface area contributed by atoms with Crippen LogP contribution in [0.3, 0.4) is 0 Å². The van der Waals surface area contributed by atoms with E-state index in [-0.39, 0.29) is 11.8 Å². The molecule has 1 saturated heterocycles.